The van der Waals surface area contributed by atoms with Crippen molar-refractivity contribution in [2.45, 2.75) is 130 Å². The lowest BCUT2D eigenvalue weighted by atomic mass is 10.0. The SMILES string of the molecule is CCCCCCCCCCCCCCCCCCNC(=O)OCC(COC(=O)N(CC1=CSCN1CC)C(C)=O)OC.Cl. The highest BCUT2D eigenvalue weighted by molar-refractivity contribution is 8.02. The Balaban J connectivity index is 0.0000176. The van der Waals surface area contributed by atoms with Gasteiger partial charge in [-0.3, -0.25) is 4.79 Å². The van der Waals surface area contributed by atoms with Crippen molar-refractivity contribution in [1.82, 2.24) is 15.1 Å². The first-order valence-corrected chi connectivity index (χ1v) is 17.4. The van der Waals surface area contributed by atoms with Crippen molar-refractivity contribution in [3.63, 3.8) is 0 Å². The van der Waals surface area contributed by atoms with Crippen molar-refractivity contribution in [1.29, 1.82) is 0 Å². The minimum absolute atomic E-state index is 0. The number of rotatable bonds is 25. The van der Waals surface area contributed by atoms with Crippen LogP contribution >= 0.6 is 24.2 Å². The molecule has 1 rings (SSSR count). The lowest BCUT2D eigenvalue weighted by Gasteiger charge is -2.25. The molecule has 0 aromatic carbocycles. The van der Waals surface area contributed by atoms with Crippen molar-refractivity contribution in [2.75, 3.05) is 45.8 Å². The molecule has 252 valence electrons. The molecule has 0 radical (unpaired) electrons. The Morgan fingerprint density at radius 1 is 0.860 bits per heavy atom. The fourth-order valence-corrected chi connectivity index (χ4v) is 5.81. The highest BCUT2D eigenvalue weighted by Crippen LogP contribution is 2.23. The number of nitrogens with one attached hydrogen (secondary N) is 1. The number of likely N-dealkylation sites (N-methyl/N-ethyl adjacent to an activating group) is 1. The van der Waals surface area contributed by atoms with Crippen LogP contribution in [0.15, 0.2) is 11.1 Å². The van der Waals surface area contributed by atoms with Crippen LogP contribution in [-0.4, -0.2) is 79.8 Å². The van der Waals surface area contributed by atoms with E-state index in [-0.39, 0.29) is 32.2 Å². The maximum absolute atomic E-state index is 12.6. The third kappa shape index (κ3) is 20.8. The van der Waals surface area contributed by atoms with Crippen LogP contribution < -0.4 is 5.32 Å². The molecule has 1 unspecified atom stereocenters. The predicted molar refractivity (Wildman–Crippen MR) is 179 cm³/mol. The number of alkyl carbamates (subject to hydrolysis) is 1. The van der Waals surface area contributed by atoms with E-state index in [9.17, 15) is 14.4 Å². The quantitative estimate of drug-likeness (QED) is 0.0987. The predicted octanol–water partition coefficient (Wildman–Crippen LogP) is 8.26. The maximum Gasteiger partial charge on any atom is 0.416 e. The molecule has 9 nitrogen and oxygen atoms in total. The van der Waals surface area contributed by atoms with Crippen LogP contribution in [-0.2, 0) is 19.0 Å². The Labute approximate surface area is 272 Å². The number of hydrogen-bond acceptors (Lipinski definition) is 8. The van der Waals surface area contributed by atoms with Crippen LogP contribution in [0, 0.1) is 0 Å². The van der Waals surface area contributed by atoms with Gasteiger partial charge in [0.1, 0.15) is 19.3 Å². The van der Waals surface area contributed by atoms with Gasteiger partial charge in [-0.1, -0.05) is 103 Å². The molecule has 1 N–H and O–H groups in total. The summed E-state index contributed by atoms with van der Waals surface area (Å²) in [6.45, 7) is 6.97. The molecule has 0 spiro atoms. The van der Waals surface area contributed by atoms with Crippen LogP contribution in [0.25, 0.3) is 0 Å². The molecule has 0 aliphatic carbocycles. The number of ether oxygens (including phenoxy) is 3. The molecule has 1 atom stereocenters. The lowest BCUT2D eigenvalue weighted by molar-refractivity contribution is -0.127. The average Bonchev–Trinajstić information content (AvgIpc) is 3.44. The summed E-state index contributed by atoms with van der Waals surface area (Å²) in [5.41, 5.74) is 0.905. The molecule has 11 heteroatoms. The molecule has 43 heavy (non-hydrogen) atoms. The van der Waals surface area contributed by atoms with Crippen LogP contribution in [0.4, 0.5) is 9.59 Å². The van der Waals surface area contributed by atoms with E-state index in [1.807, 2.05) is 12.3 Å². The molecule has 0 aromatic heterocycles. The van der Waals surface area contributed by atoms with Gasteiger partial charge >= 0.3 is 12.2 Å². The van der Waals surface area contributed by atoms with E-state index in [1.165, 1.54) is 104 Å². The number of amides is 3. The van der Waals surface area contributed by atoms with E-state index in [2.05, 4.69) is 17.1 Å². The Morgan fingerprint density at radius 3 is 1.86 bits per heavy atom. The second kappa shape index (κ2) is 27.9. The van der Waals surface area contributed by atoms with Gasteiger partial charge in [0, 0.05) is 32.8 Å². The summed E-state index contributed by atoms with van der Waals surface area (Å²) >= 11 is 1.63. The Hall–Kier alpha value is -1.65. The summed E-state index contributed by atoms with van der Waals surface area (Å²) in [6.07, 6.45) is 19.1. The summed E-state index contributed by atoms with van der Waals surface area (Å²) in [5, 5.41) is 4.72. The topological polar surface area (TPSA) is 97.4 Å². The van der Waals surface area contributed by atoms with Gasteiger partial charge < -0.3 is 24.4 Å². The van der Waals surface area contributed by atoms with Gasteiger partial charge in [-0.2, -0.15) is 0 Å². The van der Waals surface area contributed by atoms with E-state index < -0.39 is 24.2 Å². The fourth-order valence-electron chi connectivity index (χ4n) is 4.79. The second-order valence-corrected chi connectivity index (χ2v) is 12.0. The molecule has 3 amide bonds. The molecule has 0 aromatic rings. The molecular formula is C32H60ClN3O6S. The van der Waals surface area contributed by atoms with Crippen LogP contribution in [0.2, 0.25) is 0 Å². The van der Waals surface area contributed by atoms with Crippen LogP contribution in [0.3, 0.4) is 0 Å². The summed E-state index contributed by atoms with van der Waals surface area (Å²) in [4.78, 5) is 39.8. The van der Waals surface area contributed by atoms with Gasteiger partial charge in [-0.05, 0) is 18.8 Å². The standard InChI is InChI=1S/C32H59N3O6S.ClH/c1-5-7-8-9-10-11-12-13-14-15-16-17-18-19-20-21-22-33-31(37)40-24-30(39-4)25-41-32(38)35(28(3)36)23-29-26-42-27-34(29)6-2;/h26,30H,5-25,27H2,1-4H3,(H,33,37);1H. The van der Waals surface area contributed by atoms with Gasteiger partial charge in [0.25, 0.3) is 0 Å². The molecule has 0 bridgehead atoms. The molecule has 1 aliphatic heterocycles. The van der Waals surface area contributed by atoms with Crippen molar-refractivity contribution in [3.05, 3.63) is 11.1 Å². The van der Waals surface area contributed by atoms with E-state index in [0.717, 1.165) is 35.9 Å². The number of carbonyl (C=O) groups excluding carboxylic acids is 3. The van der Waals surface area contributed by atoms with Gasteiger partial charge in [0.15, 0.2) is 0 Å². The third-order valence-corrected chi connectivity index (χ3v) is 8.48. The molecule has 0 fully saturated rings. The zero-order valence-corrected chi connectivity index (χ0v) is 29.0. The Kier molecular flexibility index (Phi) is 26.8. The first-order chi connectivity index (χ1) is 20.4. The average molecular weight is 650 g/mol. The van der Waals surface area contributed by atoms with Crippen molar-refractivity contribution < 1.29 is 28.6 Å². The van der Waals surface area contributed by atoms with E-state index in [0.29, 0.717) is 6.54 Å². The molecule has 1 heterocycles. The first kappa shape index (κ1) is 41.4. The first-order valence-electron chi connectivity index (χ1n) is 16.4. The number of hydrogen-bond donors (Lipinski definition) is 1. The minimum Gasteiger partial charge on any atom is -0.447 e. The molecule has 0 saturated carbocycles. The third-order valence-electron chi connectivity index (χ3n) is 7.58. The number of imide groups is 1. The lowest BCUT2D eigenvalue weighted by Crippen LogP contribution is -2.41. The largest absolute Gasteiger partial charge is 0.447 e. The van der Waals surface area contributed by atoms with Gasteiger partial charge in [-0.15, -0.1) is 24.2 Å². The summed E-state index contributed by atoms with van der Waals surface area (Å²) in [6, 6.07) is 0. The molecule has 1 aliphatic rings. The number of halogens is 1. The fraction of sp³-hybridized carbons (Fsp3) is 0.844. The zero-order chi connectivity index (χ0) is 30.8. The smallest absolute Gasteiger partial charge is 0.416 e. The monoisotopic (exact) mass is 649 g/mol. The van der Waals surface area contributed by atoms with Crippen LogP contribution in [0.1, 0.15) is 124 Å². The number of unbranched alkanes of at least 4 members (excludes halogenated alkanes) is 15. The van der Waals surface area contributed by atoms with Crippen molar-refractivity contribution in [2.24, 2.45) is 0 Å². The molecule has 0 saturated heterocycles. The highest BCUT2D eigenvalue weighted by Gasteiger charge is 2.26. The Bertz CT molecular complexity index is 773. The summed E-state index contributed by atoms with van der Waals surface area (Å²) < 4.78 is 15.8. The van der Waals surface area contributed by atoms with Gasteiger partial charge in [0.2, 0.25) is 5.91 Å². The molecular weight excluding hydrogens is 590 g/mol. The highest BCUT2D eigenvalue weighted by atomic mass is 35.5. The van der Waals surface area contributed by atoms with E-state index in [4.69, 9.17) is 14.2 Å². The second-order valence-electron chi connectivity index (χ2n) is 11.1. The Morgan fingerprint density at radius 2 is 1.37 bits per heavy atom. The summed E-state index contributed by atoms with van der Waals surface area (Å²) in [5.74, 6) is 0.407. The number of nitrogens with zero attached hydrogens (tertiary/aromatic N) is 2. The van der Waals surface area contributed by atoms with Gasteiger partial charge in [-0.25, -0.2) is 14.5 Å². The van der Waals surface area contributed by atoms with E-state index in [1.54, 1.807) is 11.8 Å². The van der Waals surface area contributed by atoms with E-state index >= 15 is 0 Å². The van der Waals surface area contributed by atoms with Crippen molar-refractivity contribution >= 4 is 42.3 Å². The van der Waals surface area contributed by atoms with Gasteiger partial charge in [0.05, 0.1) is 12.4 Å². The normalized spacial score (nSPS) is 13.2. The van der Waals surface area contributed by atoms with Crippen molar-refractivity contribution in [3.8, 4) is 0 Å². The minimum atomic E-state index is -0.744. The number of methoxy groups -OCH3 is 1. The number of carbonyl (C=O) groups is 3. The van der Waals surface area contributed by atoms with Crippen LogP contribution in [0.5, 0.6) is 0 Å². The number of thioether (sulfide) groups is 1. The zero-order valence-electron chi connectivity index (χ0n) is 27.4. The summed E-state index contributed by atoms with van der Waals surface area (Å²) in [7, 11) is 1.46. The maximum atomic E-state index is 12.6.